The Morgan fingerprint density at radius 3 is 2.60 bits per heavy atom. The van der Waals surface area contributed by atoms with Crippen LogP contribution in [0.25, 0.3) is 6.08 Å². The number of hydrogen-bond acceptors (Lipinski definition) is 2. The highest BCUT2D eigenvalue weighted by molar-refractivity contribution is 6.02. The van der Waals surface area contributed by atoms with Crippen molar-refractivity contribution in [2.24, 2.45) is 0 Å². The highest BCUT2D eigenvalue weighted by Crippen LogP contribution is 2.24. The van der Waals surface area contributed by atoms with Gasteiger partial charge in [-0.05, 0) is 59.9 Å². The zero-order chi connectivity index (χ0) is 14.4. The summed E-state index contributed by atoms with van der Waals surface area (Å²) in [6, 6.07) is 9.57. The van der Waals surface area contributed by atoms with Crippen LogP contribution in [0.3, 0.4) is 0 Å². The van der Waals surface area contributed by atoms with Gasteiger partial charge in [-0.1, -0.05) is 31.6 Å². The first-order valence-corrected chi connectivity index (χ1v) is 6.88. The molecule has 0 atom stereocenters. The first-order chi connectivity index (χ1) is 9.72. The molecule has 1 aromatic rings. The summed E-state index contributed by atoms with van der Waals surface area (Å²) >= 11 is 0. The van der Waals surface area contributed by atoms with Crippen molar-refractivity contribution in [3.63, 3.8) is 0 Å². The van der Waals surface area contributed by atoms with Crippen molar-refractivity contribution >= 4 is 11.9 Å². The van der Waals surface area contributed by atoms with E-state index in [1.807, 2.05) is 18.2 Å². The van der Waals surface area contributed by atoms with E-state index in [0.29, 0.717) is 5.56 Å². The van der Waals surface area contributed by atoms with Crippen molar-refractivity contribution in [3.8, 4) is 6.07 Å². The fraction of sp³-hybridized carbons (Fsp3) is 0.222. The van der Waals surface area contributed by atoms with Crippen LogP contribution in [-0.4, -0.2) is 5.78 Å². The van der Waals surface area contributed by atoms with E-state index in [-0.39, 0.29) is 5.78 Å². The van der Waals surface area contributed by atoms with Gasteiger partial charge in [0.25, 0.3) is 0 Å². The summed E-state index contributed by atoms with van der Waals surface area (Å²) in [6.45, 7) is 2.14. The zero-order valence-corrected chi connectivity index (χ0v) is 11.6. The maximum absolute atomic E-state index is 11.5. The van der Waals surface area contributed by atoms with Gasteiger partial charge in [-0.15, -0.1) is 0 Å². The number of carbonyl (C=O) groups excluding carboxylic acids is 1. The molecule has 100 valence electrons. The minimum absolute atomic E-state index is 0.0630. The number of unbranched alkanes of at least 4 members (excludes halogenated alkanes) is 1. The molecule has 0 saturated carbocycles. The standard InChI is InChI=1S/C18H17NO/c1-2-3-4-16-12-18(20)10-9-17(16)11-14-5-7-15(13-19)8-6-14/h5-12H,2-4H2,1H3. The van der Waals surface area contributed by atoms with E-state index < -0.39 is 0 Å². The van der Waals surface area contributed by atoms with Crippen LogP contribution in [0.5, 0.6) is 0 Å². The molecule has 0 aliphatic heterocycles. The van der Waals surface area contributed by atoms with Crippen LogP contribution in [0.15, 0.2) is 53.6 Å². The quantitative estimate of drug-likeness (QED) is 0.817. The lowest BCUT2D eigenvalue weighted by Crippen LogP contribution is -2.00. The number of hydrogen-bond donors (Lipinski definition) is 0. The molecule has 0 unspecified atom stereocenters. The Bertz CT molecular complexity index is 624. The monoisotopic (exact) mass is 263 g/mol. The van der Waals surface area contributed by atoms with Crippen molar-refractivity contribution in [2.45, 2.75) is 26.2 Å². The second kappa shape index (κ2) is 6.68. The summed E-state index contributed by atoms with van der Waals surface area (Å²) in [4.78, 5) is 11.5. The molecule has 2 rings (SSSR count). The molecule has 0 radical (unpaired) electrons. The van der Waals surface area contributed by atoms with Crippen LogP contribution in [-0.2, 0) is 4.79 Å². The third-order valence-corrected chi connectivity index (χ3v) is 3.28. The van der Waals surface area contributed by atoms with E-state index in [1.165, 1.54) is 0 Å². The van der Waals surface area contributed by atoms with Crippen molar-refractivity contribution < 1.29 is 4.79 Å². The van der Waals surface area contributed by atoms with Gasteiger partial charge < -0.3 is 0 Å². The van der Waals surface area contributed by atoms with Crippen LogP contribution < -0.4 is 0 Å². The van der Waals surface area contributed by atoms with E-state index in [0.717, 1.165) is 36.0 Å². The lowest BCUT2D eigenvalue weighted by Gasteiger charge is -2.11. The highest BCUT2D eigenvalue weighted by atomic mass is 16.1. The molecular weight excluding hydrogens is 246 g/mol. The van der Waals surface area contributed by atoms with Crippen LogP contribution in [0.1, 0.15) is 37.3 Å². The molecular formula is C18H17NO. The SMILES string of the molecule is CCCCC1=CC(=O)C=CC1=Cc1ccc(C#N)cc1. The first kappa shape index (κ1) is 14.0. The maximum Gasteiger partial charge on any atom is 0.178 e. The molecule has 2 nitrogen and oxygen atoms in total. The molecule has 20 heavy (non-hydrogen) atoms. The van der Waals surface area contributed by atoms with E-state index in [2.05, 4.69) is 19.1 Å². The molecule has 0 heterocycles. The third kappa shape index (κ3) is 3.55. The molecule has 0 fully saturated rings. The van der Waals surface area contributed by atoms with Crippen LogP contribution in [0, 0.1) is 11.3 Å². The lowest BCUT2D eigenvalue weighted by atomic mass is 9.93. The van der Waals surface area contributed by atoms with Crippen molar-refractivity contribution in [3.05, 3.63) is 64.8 Å². The molecule has 0 aromatic heterocycles. The maximum atomic E-state index is 11.5. The number of benzene rings is 1. The Hall–Kier alpha value is -2.40. The average molecular weight is 263 g/mol. The molecule has 1 aliphatic carbocycles. The van der Waals surface area contributed by atoms with E-state index in [9.17, 15) is 4.79 Å². The molecule has 1 aliphatic rings. The van der Waals surface area contributed by atoms with E-state index >= 15 is 0 Å². The van der Waals surface area contributed by atoms with Crippen molar-refractivity contribution in [2.75, 3.05) is 0 Å². The van der Waals surface area contributed by atoms with Gasteiger partial charge in [-0.3, -0.25) is 4.79 Å². The normalized spacial score (nSPS) is 16.1. The number of nitrogens with zero attached hydrogens (tertiary/aromatic N) is 1. The fourth-order valence-electron chi connectivity index (χ4n) is 2.14. The van der Waals surface area contributed by atoms with Gasteiger partial charge in [0.05, 0.1) is 11.6 Å². The highest BCUT2D eigenvalue weighted by Gasteiger charge is 2.09. The Balaban J connectivity index is 2.26. The van der Waals surface area contributed by atoms with Gasteiger partial charge in [-0.2, -0.15) is 5.26 Å². The predicted molar refractivity (Wildman–Crippen MR) is 80.9 cm³/mol. The summed E-state index contributed by atoms with van der Waals surface area (Å²) in [5, 5.41) is 8.80. The number of ketones is 1. The first-order valence-electron chi connectivity index (χ1n) is 6.88. The zero-order valence-electron chi connectivity index (χ0n) is 11.6. The third-order valence-electron chi connectivity index (χ3n) is 3.28. The largest absolute Gasteiger partial charge is 0.290 e. The van der Waals surface area contributed by atoms with Gasteiger partial charge in [-0.25, -0.2) is 0 Å². The molecule has 0 amide bonds. The predicted octanol–water partition coefficient (Wildman–Crippen LogP) is 4.20. The number of rotatable bonds is 4. The van der Waals surface area contributed by atoms with Gasteiger partial charge in [0.1, 0.15) is 0 Å². The van der Waals surface area contributed by atoms with Crippen LogP contribution in [0.2, 0.25) is 0 Å². The van der Waals surface area contributed by atoms with E-state index in [1.54, 1.807) is 24.3 Å². The summed E-state index contributed by atoms with van der Waals surface area (Å²) in [6.07, 6.45) is 10.4. The number of allylic oxidation sites excluding steroid dienone is 5. The summed E-state index contributed by atoms with van der Waals surface area (Å²) in [5.74, 6) is 0.0630. The average Bonchev–Trinajstić information content (AvgIpc) is 2.48. The van der Waals surface area contributed by atoms with Gasteiger partial charge in [0.2, 0.25) is 0 Å². The van der Waals surface area contributed by atoms with Gasteiger partial charge in [0, 0.05) is 0 Å². The molecule has 1 aromatic carbocycles. The Morgan fingerprint density at radius 1 is 1.20 bits per heavy atom. The van der Waals surface area contributed by atoms with Crippen LogP contribution >= 0.6 is 0 Å². The van der Waals surface area contributed by atoms with Gasteiger partial charge in [0.15, 0.2) is 5.78 Å². The molecule has 0 bridgehead atoms. The Morgan fingerprint density at radius 2 is 1.95 bits per heavy atom. The summed E-state index contributed by atoms with van der Waals surface area (Å²) in [5.41, 5.74) is 3.88. The molecule has 0 N–H and O–H groups in total. The minimum Gasteiger partial charge on any atom is -0.290 e. The molecule has 0 spiro atoms. The topological polar surface area (TPSA) is 40.9 Å². The van der Waals surface area contributed by atoms with Crippen molar-refractivity contribution in [1.29, 1.82) is 5.26 Å². The van der Waals surface area contributed by atoms with Crippen molar-refractivity contribution in [1.82, 2.24) is 0 Å². The number of carbonyl (C=O) groups is 1. The Labute approximate surface area is 119 Å². The second-order valence-electron chi connectivity index (χ2n) is 4.84. The molecule has 0 saturated heterocycles. The molecule has 2 heteroatoms. The van der Waals surface area contributed by atoms with Gasteiger partial charge >= 0.3 is 0 Å². The summed E-state index contributed by atoms with van der Waals surface area (Å²) < 4.78 is 0. The smallest absolute Gasteiger partial charge is 0.178 e. The lowest BCUT2D eigenvalue weighted by molar-refractivity contribution is -0.110. The minimum atomic E-state index is 0.0630. The fourth-order valence-corrected chi connectivity index (χ4v) is 2.14. The number of nitriles is 1. The second-order valence-corrected chi connectivity index (χ2v) is 4.84. The Kier molecular flexibility index (Phi) is 4.68. The summed E-state index contributed by atoms with van der Waals surface area (Å²) in [7, 11) is 0. The van der Waals surface area contributed by atoms with E-state index in [4.69, 9.17) is 5.26 Å². The van der Waals surface area contributed by atoms with Crippen LogP contribution in [0.4, 0.5) is 0 Å².